The first-order valence-corrected chi connectivity index (χ1v) is 4.85. The monoisotopic (exact) mass is 182 g/mol. The molecule has 0 saturated carbocycles. The molecule has 4 heteroatoms. The minimum atomic E-state index is -0.0822. The molecule has 0 aromatic rings. The summed E-state index contributed by atoms with van der Waals surface area (Å²) in [5.74, 6) is -0.00403. The number of hydrogen-bond donors (Lipinski definition) is 0. The van der Waals surface area contributed by atoms with Crippen LogP contribution in [-0.2, 0) is 4.79 Å². The van der Waals surface area contributed by atoms with Crippen molar-refractivity contribution in [2.24, 2.45) is 0 Å². The normalized spacial score (nSPS) is 28.2. The van der Waals surface area contributed by atoms with Gasteiger partial charge in [0.25, 0.3) is 0 Å². The van der Waals surface area contributed by atoms with Crippen molar-refractivity contribution in [2.75, 3.05) is 13.1 Å². The first-order chi connectivity index (χ1) is 6.24. The van der Waals surface area contributed by atoms with Crippen LogP contribution in [0, 0.1) is 0 Å². The summed E-state index contributed by atoms with van der Waals surface area (Å²) in [5.41, 5.74) is 0. The van der Waals surface area contributed by atoms with Gasteiger partial charge < -0.3 is 4.90 Å². The maximum atomic E-state index is 11.7. The summed E-state index contributed by atoms with van der Waals surface area (Å²) in [7, 11) is 0. The fourth-order valence-electron chi connectivity index (χ4n) is 2.18. The lowest BCUT2D eigenvalue weighted by Gasteiger charge is -2.35. The predicted molar refractivity (Wildman–Crippen MR) is 47.1 cm³/mol. The Bertz CT molecular complexity index is 252. The number of rotatable bonds is 1. The summed E-state index contributed by atoms with van der Waals surface area (Å²) in [6.07, 6.45) is 2.57. The molecule has 0 spiro atoms. The van der Waals surface area contributed by atoms with Gasteiger partial charge in [-0.15, -0.1) is 0 Å². The lowest BCUT2D eigenvalue weighted by atomic mass is 10.1. The van der Waals surface area contributed by atoms with Gasteiger partial charge >= 0.3 is 6.03 Å². The molecule has 72 valence electrons. The average molecular weight is 182 g/mol. The molecule has 0 aromatic carbocycles. The van der Waals surface area contributed by atoms with E-state index in [4.69, 9.17) is 0 Å². The molecule has 0 bridgehead atoms. The molecule has 3 amide bonds. The Morgan fingerprint density at radius 2 is 2.23 bits per heavy atom. The Morgan fingerprint density at radius 3 is 2.92 bits per heavy atom. The van der Waals surface area contributed by atoms with Gasteiger partial charge in [-0.25, -0.2) is 4.79 Å². The van der Waals surface area contributed by atoms with Gasteiger partial charge in [-0.1, -0.05) is 0 Å². The summed E-state index contributed by atoms with van der Waals surface area (Å²) in [6, 6.07) is 0.115. The fraction of sp³-hybridized carbons (Fsp3) is 0.778. The highest BCUT2D eigenvalue weighted by molar-refractivity contribution is 5.97. The van der Waals surface area contributed by atoms with Crippen LogP contribution < -0.4 is 0 Å². The van der Waals surface area contributed by atoms with E-state index in [0.29, 0.717) is 13.0 Å². The Kier molecular flexibility index (Phi) is 1.98. The fourth-order valence-corrected chi connectivity index (χ4v) is 2.18. The molecule has 0 unspecified atom stereocenters. The number of fused-ring (bicyclic) bond motifs is 1. The van der Waals surface area contributed by atoms with E-state index in [0.717, 1.165) is 19.4 Å². The van der Waals surface area contributed by atoms with Crippen molar-refractivity contribution in [2.45, 2.75) is 32.2 Å². The predicted octanol–water partition coefficient (Wildman–Crippen LogP) is 0.823. The number of nitrogens with zero attached hydrogens (tertiary/aromatic N) is 2. The molecule has 0 aromatic heterocycles. The van der Waals surface area contributed by atoms with E-state index in [1.165, 1.54) is 4.90 Å². The van der Waals surface area contributed by atoms with Gasteiger partial charge in [-0.2, -0.15) is 0 Å². The Morgan fingerprint density at radius 1 is 1.46 bits per heavy atom. The molecule has 2 saturated heterocycles. The maximum absolute atomic E-state index is 11.7. The number of imide groups is 1. The summed E-state index contributed by atoms with van der Waals surface area (Å²) in [6.45, 7) is 3.17. The molecule has 1 atom stereocenters. The lowest BCUT2D eigenvalue weighted by molar-refractivity contribution is -0.131. The van der Waals surface area contributed by atoms with Gasteiger partial charge in [0.15, 0.2) is 0 Å². The van der Waals surface area contributed by atoms with Gasteiger partial charge in [0, 0.05) is 25.6 Å². The largest absolute Gasteiger partial charge is 0.326 e. The first kappa shape index (κ1) is 8.53. The van der Waals surface area contributed by atoms with Crippen LogP contribution in [0.1, 0.15) is 26.2 Å². The highest BCUT2D eigenvalue weighted by atomic mass is 16.2. The summed E-state index contributed by atoms with van der Waals surface area (Å²) < 4.78 is 0. The Labute approximate surface area is 77.5 Å². The highest BCUT2D eigenvalue weighted by Crippen LogP contribution is 2.26. The molecule has 0 N–H and O–H groups in total. The van der Waals surface area contributed by atoms with Crippen LogP contribution in [0.2, 0.25) is 0 Å². The molecule has 2 aliphatic rings. The van der Waals surface area contributed by atoms with Crippen LogP contribution in [0.3, 0.4) is 0 Å². The van der Waals surface area contributed by atoms with Crippen molar-refractivity contribution in [1.82, 2.24) is 9.80 Å². The SMILES string of the molecule is CCN1C(=O)C[C@@H]2CCCN2C1=O. The third kappa shape index (κ3) is 1.20. The third-order valence-corrected chi connectivity index (χ3v) is 2.88. The number of amides is 3. The van der Waals surface area contributed by atoms with E-state index in [9.17, 15) is 9.59 Å². The molecule has 2 aliphatic heterocycles. The zero-order chi connectivity index (χ0) is 9.42. The van der Waals surface area contributed by atoms with Gasteiger partial charge in [0.1, 0.15) is 0 Å². The van der Waals surface area contributed by atoms with Gasteiger partial charge in [-0.3, -0.25) is 9.69 Å². The second-order valence-electron chi connectivity index (χ2n) is 3.61. The highest BCUT2D eigenvalue weighted by Gasteiger charge is 2.39. The second kappa shape index (κ2) is 3.01. The van der Waals surface area contributed by atoms with E-state index in [2.05, 4.69) is 0 Å². The Balaban J connectivity index is 2.19. The molecule has 13 heavy (non-hydrogen) atoms. The number of urea groups is 1. The van der Waals surface area contributed by atoms with E-state index >= 15 is 0 Å². The van der Waals surface area contributed by atoms with Crippen molar-refractivity contribution in [1.29, 1.82) is 0 Å². The molecule has 0 radical (unpaired) electrons. The van der Waals surface area contributed by atoms with E-state index in [1.807, 2.05) is 11.8 Å². The van der Waals surface area contributed by atoms with E-state index in [1.54, 1.807) is 0 Å². The molecular formula is C9H14N2O2. The number of carbonyl (C=O) groups is 2. The second-order valence-corrected chi connectivity index (χ2v) is 3.61. The van der Waals surface area contributed by atoms with Gasteiger partial charge in [-0.05, 0) is 19.8 Å². The Hall–Kier alpha value is -1.06. The van der Waals surface area contributed by atoms with Crippen LogP contribution in [-0.4, -0.2) is 40.9 Å². The zero-order valence-electron chi connectivity index (χ0n) is 7.82. The van der Waals surface area contributed by atoms with Crippen molar-refractivity contribution in [3.8, 4) is 0 Å². The van der Waals surface area contributed by atoms with Crippen LogP contribution >= 0.6 is 0 Å². The quantitative estimate of drug-likeness (QED) is 0.602. The van der Waals surface area contributed by atoms with E-state index < -0.39 is 0 Å². The molecule has 2 fully saturated rings. The molecular weight excluding hydrogens is 168 g/mol. The van der Waals surface area contributed by atoms with Crippen molar-refractivity contribution < 1.29 is 9.59 Å². The van der Waals surface area contributed by atoms with E-state index in [-0.39, 0.29) is 18.0 Å². The number of hydrogen-bond acceptors (Lipinski definition) is 2. The smallest absolute Gasteiger partial charge is 0.321 e. The first-order valence-electron chi connectivity index (χ1n) is 4.85. The topological polar surface area (TPSA) is 40.6 Å². The minimum Gasteiger partial charge on any atom is -0.321 e. The summed E-state index contributed by atoms with van der Waals surface area (Å²) in [4.78, 5) is 26.3. The summed E-state index contributed by atoms with van der Waals surface area (Å²) >= 11 is 0. The molecule has 2 heterocycles. The van der Waals surface area contributed by atoms with Crippen LogP contribution in [0.15, 0.2) is 0 Å². The third-order valence-electron chi connectivity index (χ3n) is 2.88. The minimum absolute atomic E-state index is 0.00403. The van der Waals surface area contributed by atoms with Crippen LogP contribution in [0.4, 0.5) is 4.79 Å². The van der Waals surface area contributed by atoms with Crippen molar-refractivity contribution in [3.63, 3.8) is 0 Å². The van der Waals surface area contributed by atoms with Gasteiger partial charge in [0.2, 0.25) is 5.91 Å². The molecule has 4 nitrogen and oxygen atoms in total. The lowest BCUT2D eigenvalue weighted by Crippen LogP contribution is -2.54. The standard InChI is InChI=1S/C9H14N2O2/c1-2-10-8(12)6-7-4-3-5-11(7)9(10)13/h7H,2-6H2,1H3/t7-/m0/s1. The maximum Gasteiger partial charge on any atom is 0.326 e. The van der Waals surface area contributed by atoms with Crippen molar-refractivity contribution in [3.05, 3.63) is 0 Å². The average Bonchev–Trinajstić information content (AvgIpc) is 2.53. The molecule has 0 aliphatic carbocycles. The van der Waals surface area contributed by atoms with Crippen LogP contribution in [0.5, 0.6) is 0 Å². The number of carbonyl (C=O) groups excluding carboxylic acids is 2. The van der Waals surface area contributed by atoms with Crippen LogP contribution in [0.25, 0.3) is 0 Å². The summed E-state index contributed by atoms with van der Waals surface area (Å²) in [5, 5.41) is 0. The zero-order valence-corrected chi connectivity index (χ0v) is 7.82. The van der Waals surface area contributed by atoms with Crippen molar-refractivity contribution >= 4 is 11.9 Å². The van der Waals surface area contributed by atoms with Gasteiger partial charge in [0.05, 0.1) is 0 Å². The molecule has 2 rings (SSSR count).